The molecule has 6 heteroatoms. The van der Waals surface area contributed by atoms with Crippen molar-refractivity contribution in [2.24, 2.45) is 0 Å². The number of imidazole rings is 1. The molecule has 1 aromatic heterocycles. The molecular weight excluding hydrogens is 138 g/mol. The second kappa shape index (κ2) is 2.44. The van der Waals surface area contributed by atoms with Crippen LogP contribution in [0, 0.1) is 10.1 Å². The SMILES string of the molecule is O=[N+]([O-])n1cncc1CO. The number of nitro groups is 1. The van der Waals surface area contributed by atoms with Crippen LogP contribution in [-0.2, 0) is 6.61 Å². The third-order valence-corrected chi connectivity index (χ3v) is 1.03. The largest absolute Gasteiger partial charge is 0.390 e. The van der Waals surface area contributed by atoms with Gasteiger partial charge in [0, 0.05) is 0 Å². The second-order valence-corrected chi connectivity index (χ2v) is 1.63. The van der Waals surface area contributed by atoms with Crippen molar-refractivity contribution in [1.29, 1.82) is 0 Å². The summed E-state index contributed by atoms with van der Waals surface area (Å²) in [6.45, 7) is -0.374. The lowest BCUT2D eigenvalue weighted by Gasteiger charge is -1.91. The van der Waals surface area contributed by atoms with Gasteiger partial charge in [-0.05, 0) is 0 Å². The van der Waals surface area contributed by atoms with Crippen molar-refractivity contribution >= 4 is 0 Å². The Morgan fingerprint density at radius 2 is 2.60 bits per heavy atom. The second-order valence-electron chi connectivity index (χ2n) is 1.63. The molecule has 1 heterocycles. The minimum Gasteiger partial charge on any atom is -0.390 e. The first-order chi connectivity index (χ1) is 4.75. The van der Waals surface area contributed by atoms with Crippen molar-refractivity contribution in [3.8, 4) is 0 Å². The number of nitrogens with zero attached hydrogens (tertiary/aromatic N) is 3. The molecule has 0 unspecified atom stereocenters. The van der Waals surface area contributed by atoms with Crippen LogP contribution in [0.15, 0.2) is 12.5 Å². The summed E-state index contributed by atoms with van der Waals surface area (Å²) in [5.41, 5.74) is 0.171. The average molecular weight is 143 g/mol. The van der Waals surface area contributed by atoms with Gasteiger partial charge in [0.25, 0.3) is 0 Å². The first-order valence-electron chi connectivity index (χ1n) is 2.52. The quantitative estimate of drug-likeness (QED) is 0.443. The molecule has 0 spiro atoms. The van der Waals surface area contributed by atoms with E-state index in [1.54, 1.807) is 0 Å². The lowest BCUT2D eigenvalue weighted by molar-refractivity contribution is -0.544. The highest BCUT2D eigenvalue weighted by Gasteiger charge is 2.07. The van der Waals surface area contributed by atoms with E-state index in [0.717, 1.165) is 6.33 Å². The molecule has 0 fully saturated rings. The van der Waals surface area contributed by atoms with Crippen molar-refractivity contribution in [1.82, 2.24) is 9.66 Å². The number of hydrogen-bond donors (Lipinski definition) is 1. The molecule has 1 rings (SSSR count). The fourth-order valence-corrected chi connectivity index (χ4v) is 0.576. The van der Waals surface area contributed by atoms with Gasteiger partial charge in [-0.15, -0.1) is 0 Å². The van der Waals surface area contributed by atoms with Crippen molar-refractivity contribution in [3.63, 3.8) is 0 Å². The summed E-state index contributed by atoms with van der Waals surface area (Å²) in [4.78, 5) is 13.5. The lowest BCUT2D eigenvalue weighted by Crippen LogP contribution is -2.10. The first kappa shape index (κ1) is 6.69. The van der Waals surface area contributed by atoms with Gasteiger partial charge in [0.2, 0.25) is 0 Å². The van der Waals surface area contributed by atoms with Crippen LogP contribution < -0.4 is 0 Å². The summed E-state index contributed by atoms with van der Waals surface area (Å²) in [6, 6.07) is 0. The molecule has 0 saturated heterocycles. The lowest BCUT2D eigenvalue weighted by atomic mass is 10.5. The molecule has 1 aromatic rings. The van der Waals surface area contributed by atoms with Gasteiger partial charge in [0.15, 0.2) is 11.4 Å². The number of hydrogen-bond acceptors (Lipinski definition) is 4. The molecule has 0 bridgehead atoms. The molecule has 0 saturated carbocycles. The van der Waals surface area contributed by atoms with Gasteiger partial charge in [-0.25, -0.2) is 15.1 Å². The summed E-state index contributed by atoms with van der Waals surface area (Å²) in [5, 5.41) is 17.9. The first-order valence-corrected chi connectivity index (χ1v) is 2.52. The Kier molecular flexibility index (Phi) is 1.63. The number of aliphatic hydroxyl groups excluding tert-OH is 1. The standard InChI is InChI=1S/C4H5N3O3/c8-2-4-1-5-3-6(4)7(9)10/h1,3,8H,2H2. The zero-order valence-corrected chi connectivity index (χ0v) is 4.97. The molecule has 0 radical (unpaired) electrons. The van der Waals surface area contributed by atoms with E-state index < -0.39 is 5.03 Å². The molecule has 10 heavy (non-hydrogen) atoms. The highest BCUT2D eigenvalue weighted by molar-refractivity contribution is 4.92. The fraction of sp³-hybridized carbons (Fsp3) is 0.250. The van der Waals surface area contributed by atoms with E-state index in [0.29, 0.717) is 4.68 Å². The summed E-state index contributed by atoms with van der Waals surface area (Å²) in [5.74, 6) is 0. The van der Waals surface area contributed by atoms with Crippen LogP contribution in [0.2, 0.25) is 0 Å². The van der Waals surface area contributed by atoms with Gasteiger partial charge >= 0.3 is 0 Å². The molecule has 0 aliphatic carbocycles. The predicted molar refractivity (Wildman–Crippen MR) is 30.5 cm³/mol. The predicted octanol–water partition coefficient (Wildman–Crippen LogP) is -0.585. The molecule has 0 atom stereocenters. The Balaban J connectivity index is 3.01. The van der Waals surface area contributed by atoms with Gasteiger partial charge in [0.05, 0.1) is 12.8 Å². The van der Waals surface area contributed by atoms with Crippen molar-refractivity contribution < 1.29 is 10.1 Å². The summed E-state index contributed by atoms with van der Waals surface area (Å²) >= 11 is 0. The van der Waals surface area contributed by atoms with Crippen molar-refractivity contribution in [3.05, 3.63) is 28.3 Å². The van der Waals surface area contributed by atoms with Crippen LogP contribution in [-0.4, -0.2) is 19.8 Å². The minimum absolute atomic E-state index is 0.171. The maximum absolute atomic E-state index is 10.1. The number of rotatable bonds is 2. The van der Waals surface area contributed by atoms with Crippen LogP contribution in [0.4, 0.5) is 0 Å². The molecule has 0 aliphatic heterocycles. The third kappa shape index (κ3) is 0.960. The molecule has 6 nitrogen and oxygen atoms in total. The van der Waals surface area contributed by atoms with E-state index in [2.05, 4.69) is 4.98 Å². The minimum atomic E-state index is -0.654. The van der Waals surface area contributed by atoms with E-state index in [-0.39, 0.29) is 12.3 Å². The molecular formula is C4H5N3O3. The summed E-state index contributed by atoms with van der Waals surface area (Å²) < 4.78 is 0.667. The average Bonchev–Trinajstić information content (AvgIpc) is 2.33. The van der Waals surface area contributed by atoms with Gasteiger partial charge in [-0.3, -0.25) is 0 Å². The summed E-state index contributed by atoms with van der Waals surface area (Å²) in [7, 11) is 0. The maximum Gasteiger partial charge on any atom is 0.170 e. The van der Waals surface area contributed by atoms with E-state index in [1.165, 1.54) is 6.20 Å². The van der Waals surface area contributed by atoms with Gasteiger partial charge in [0.1, 0.15) is 5.69 Å². The van der Waals surface area contributed by atoms with Crippen molar-refractivity contribution in [2.45, 2.75) is 6.61 Å². The highest BCUT2D eigenvalue weighted by Crippen LogP contribution is 1.96. The van der Waals surface area contributed by atoms with Crippen molar-refractivity contribution in [2.75, 3.05) is 0 Å². The number of aliphatic hydroxyl groups is 1. The third-order valence-electron chi connectivity index (χ3n) is 1.03. The normalized spacial score (nSPS) is 9.70. The van der Waals surface area contributed by atoms with Crippen LogP contribution >= 0.6 is 0 Å². The Hall–Kier alpha value is -1.43. The summed E-state index contributed by atoms with van der Waals surface area (Å²) in [6.07, 6.45) is 2.27. The van der Waals surface area contributed by atoms with Crippen LogP contribution in [0.3, 0.4) is 0 Å². The van der Waals surface area contributed by atoms with E-state index in [9.17, 15) is 10.1 Å². The Morgan fingerprint density at radius 1 is 1.90 bits per heavy atom. The Bertz CT molecular complexity index is 244. The number of aromatic nitrogens is 2. The molecule has 0 aromatic carbocycles. The monoisotopic (exact) mass is 143 g/mol. The maximum atomic E-state index is 10.1. The smallest absolute Gasteiger partial charge is 0.170 e. The van der Waals surface area contributed by atoms with Crippen LogP contribution in [0.1, 0.15) is 5.69 Å². The Labute approximate surface area is 55.9 Å². The van der Waals surface area contributed by atoms with Crippen LogP contribution in [0.25, 0.3) is 0 Å². The highest BCUT2D eigenvalue weighted by atomic mass is 16.7. The molecule has 54 valence electrons. The van der Waals surface area contributed by atoms with Gasteiger partial charge in [-0.1, -0.05) is 4.68 Å². The van der Waals surface area contributed by atoms with Crippen LogP contribution in [0.5, 0.6) is 0 Å². The molecule has 1 N–H and O–H groups in total. The zero-order chi connectivity index (χ0) is 7.56. The topological polar surface area (TPSA) is 81.2 Å². The molecule has 0 aliphatic rings. The van der Waals surface area contributed by atoms with Gasteiger partial charge < -0.3 is 5.11 Å². The van der Waals surface area contributed by atoms with Gasteiger partial charge in [-0.2, -0.15) is 0 Å². The Morgan fingerprint density at radius 3 is 3.00 bits per heavy atom. The fourth-order valence-electron chi connectivity index (χ4n) is 0.576. The zero-order valence-electron chi connectivity index (χ0n) is 4.97. The van der Waals surface area contributed by atoms with E-state index >= 15 is 0 Å². The molecule has 0 amide bonds. The van der Waals surface area contributed by atoms with E-state index in [1.807, 2.05) is 0 Å². The van der Waals surface area contributed by atoms with E-state index in [4.69, 9.17) is 5.11 Å².